The second-order valence-electron chi connectivity index (χ2n) is 15.0. The van der Waals surface area contributed by atoms with Gasteiger partial charge in [-0.15, -0.1) is 0 Å². The zero-order valence-corrected chi connectivity index (χ0v) is 31.4. The summed E-state index contributed by atoms with van der Waals surface area (Å²) < 4.78 is 0. The molecule has 0 saturated carbocycles. The normalized spacial score (nSPS) is 13.2. The molecule has 0 aliphatic heterocycles. The van der Waals surface area contributed by atoms with E-state index in [9.17, 15) is 19.2 Å². The van der Waals surface area contributed by atoms with E-state index in [2.05, 4.69) is 72.7 Å². The van der Waals surface area contributed by atoms with Crippen molar-refractivity contribution >= 4 is 23.1 Å². The minimum atomic E-state index is -0.604. The Balaban J connectivity index is 0.00000288. The first-order chi connectivity index (χ1) is 22.2. The lowest BCUT2D eigenvalue weighted by atomic mass is 9.67. The van der Waals surface area contributed by atoms with Gasteiger partial charge in [0.15, 0.2) is 0 Å². The summed E-state index contributed by atoms with van der Waals surface area (Å²) in [4.78, 5) is 51.2. The van der Waals surface area contributed by atoms with Gasteiger partial charge in [0.2, 0.25) is 0 Å². The van der Waals surface area contributed by atoms with Gasteiger partial charge in [0.05, 0.1) is 0 Å². The lowest BCUT2D eigenvalue weighted by molar-refractivity contribution is -0.135. The Bertz CT molecular complexity index is 1240. The maximum atomic E-state index is 14.2. The first kappa shape index (κ1) is 42.1. The number of carbonyl (C=O) groups is 4. The quantitative estimate of drug-likeness (QED) is 0.126. The van der Waals surface area contributed by atoms with Gasteiger partial charge in [0, 0.05) is 44.9 Å². The lowest BCUT2D eigenvalue weighted by Gasteiger charge is -2.35. The third-order valence-corrected chi connectivity index (χ3v) is 9.61. The van der Waals surface area contributed by atoms with E-state index >= 15 is 0 Å². The molecule has 0 N–H and O–H groups in total. The van der Waals surface area contributed by atoms with Gasteiger partial charge in [-0.2, -0.15) is 0 Å². The van der Waals surface area contributed by atoms with Crippen molar-refractivity contribution in [1.82, 2.24) is 0 Å². The van der Waals surface area contributed by atoms with Gasteiger partial charge in [0.1, 0.15) is 23.1 Å². The minimum Gasteiger partial charge on any atom is -0.300 e. The number of Topliss-reactive ketones (excluding diaryl/α,β-unsaturated/α-hetero) is 4. The van der Waals surface area contributed by atoms with Gasteiger partial charge < -0.3 is 4.79 Å². The molecular formula is C43H68O4. The van der Waals surface area contributed by atoms with Crippen molar-refractivity contribution in [2.75, 3.05) is 0 Å². The number of aryl methyl sites for hydroxylation is 2. The molecule has 0 aliphatic rings. The molecule has 0 bridgehead atoms. The van der Waals surface area contributed by atoms with Gasteiger partial charge in [-0.25, -0.2) is 0 Å². The molecule has 2 aromatic carbocycles. The predicted molar refractivity (Wildman–Crippen MR) is 200 cm³/mol. The van der Waals surface area contributed by atoms with Crippen LogP contribution in [0.3, 0.4) is 0 Å². The fraction of sp³-hybridized carbons (Fsp3) is 0.628. The molecule has 4 heteroatoms. The van der Waals surface area contributed by atoms with Gasteiger partial charge in [-0.05, 0) is 92.9 Å². The fourth-order valence-corrected chi connectivity index (χ4v) is 6.04. The molecule has 0 aromatic heterocycles. The molecule has 0 aliphatic carbocycles. The predicted octanol–water partition coefficient (Wildman–Crippen LogP) is 11.3. The molecule has 0 heterocycles. The van der Waals surface area contributed by atoms with E-state index in [0.717, 1.165) is 37.7 Å². The molecule has 0 amide bonds. The number of rotatable bonds is 21. The Morgan fingerprint density at radius 1 is 0.723 bits per heavy atom. The average molecular weight is 649 g/mol. The Labute approximate surface area is 289 Å². The molecule has 0 fully saturated rings. The first-order valence-electron chi connectivity index (χ1n) is 18.4. The van der Waals surface area contributed by atoms with E-state index in [0.29, 0.717) is 63.2 Å². The number of unbranched alkanes of at least 4 members (excludes halogenated alkanes) is 1. The lowest BCUT2D eigenvalue weighted by Crippen LogP contribution is -2.37. The summed E-state index contributed by atoms with van der Waals surface area (Å²) in [7, 11) is 0. The van der Waals surface area contributed by atoms with Gasteiger partial charge in [-0.3, -0.25) is 14.4 Å². The molecule has 47 heavy (non-hydrogen) atoms. The summed E-state index contributed by atoms with van der Waals surface area (Å²) in [5, 5.41) is 0. The second-order valence-corrected chi connectivity index (χ2v) is 15.0. The van der Waals surface area contributed by atoms with E-state index < -0.39 is 5.41 Å². The molecule has 2 rings (SSSR count). The van der Waals surface area contributed by atoms with E-state index in [-0.39, 0.29) is 30.5 Å². The highest BCUT2D eigenvalue weighted by atomic mass is 16.1. The Kier molecular flexibility index (Phi) is 19.6. The SMILES string of the molecule is CCC(C)(C)C.CCCC(CCCC(=O)CCCCC(C)=O)(CCC(=O)Cc1ccc(CC)cc1)C(=O)C(C)Cc1ccccc1C.[HH]. The van der Waals surface area contributed by atoms with Crippen molar-refractivity contribution in [2.45, 2.75) is 159 Å². The van der Waals surface area contributed by atoms with Crippen LogP contribution in [0.2, 0.25) is 0 Å². The molecule has 2 unspecified atom stereocenters. The van der Waals surface area contributed by atoms with Crippen LogP contribution in [0.1, 0.15) is 156 Å². The Hall–Kier alpha value is -2.88. The number of ketones is 4. The van der Waals surface area contributed by atoms with Crippen LogP contribution in [-0.2, 0) is 38.4 Å². The third-order valence-electron chi connectivity index (χ3n) is 9.61. The Morgan fingerprint density at radius 2 is 1.30 bits per heavy atom. The number of hydrogen-bond acceptors (Lipinski definition) is 4. The zero-order valence-electron chi connectivity index (χ0n) is 31.4. The van der Waals surface area contributed by atoms with Crippen molar-refractivity contribution in [3.05, 3.63) is 70.8 Å². The highest BCUT2D eigenvalue weighted by molar-refractivity contribution is 5.88. The van der Waals surface area contributed by atoms with Gasteiger partial charge >= 0.3 is 0 Å². The zero-order chi connectivity index (χ0) is 35.5. The van der Waals surface area contributed by atoms with Crippen LogP contribution in [0.15, 0.2) is 48.5 Å². The van der Waals surface area contributed by atoms with E-state index in [4.69, 9.17) is 0 Å². The second kappa shape index (κ2) is 21.9. The van der Waals surface area contributed by atoms with Gasteiger partial charge in [-0.1, -0.05) is 110 Å². The number of hydrogen-bond donors (Lipinski definition) is 0. The van der Waals surface area contributed by atoms with Crippen molar-refractivity contribution < 1.29 is 20.6 Å². The third kappa shape index (κ3) is 17.2. The van der Waals surface area contributed by atoms with Crippen molar-refractivity contribution in [1.29, 1.82) is 0 Å². The summed E-state index contributed by atoms with van der Waals surface area (Å²) in [6.45, 7) is 18.8. The maximum absolute atomic E-state index is 14.2. The molecule has 0 radical (unpaired) electrons. The van der Waals surface area contributed by atoms with Gasteiger partial charge in [0.25, 0.3) is 0 Å². The first-order valence-corrected chi connectivity index (χ1v) is 18.4. The van der Waals surface area contributed by atoms with Crippen molar-refractivity contribution in [3.63, 3.8) is 0 Å². The largest absolute Gasteiger partial charge is 0.300 e. The average Bonchev–Trinajstić information content (AvgIpc) is 3.03. The van der Waals surface area contributed by atoms with E-state index in [1.54, 1.807) is 6.92 Å². The molecule has 264 valence electrons. The van der Waals surface area contributed by atoms with Crippen LogP contribution >= 0.6 is 0 Å². The summed E-state index contributed by atoms with van der Waals surface area (Å²) in [6, 6.07) is 16.5. The summed E-state index contributed by atoms with van der Waals surface area (Å²) in [6.07, 6.45) is 10.0. The minimum absolute atomic E-state index is 0. The van der Waals surface area contributed by atoms with Crippen molar-refractivity contribution in [2.24, 2.45) is 16.7 Å². The molecule has 0 saturated heterocycles. The molecule has 2 atom stereocenters. The smallest absolute Gasteiger partial charge is 0.142 e. The maximum Gasteiger partial charge on any atom is 0.142 e. The number of benzene rings is 2. The van der Waals surface area contributed by atoms with E-state index in [1.165, 1.54) is 23.1 Å². The molecule has 2 aromatic rings. The molecule has 4 nitrogen and oxygen atoms in total. The van der Waals surface area contributed by atoms with Crippen molar-refractivity contribution in [3.8, 4) is 0 Å². The molecular weight excluding hydrogens is 580 g/mol. The van der Waals surface area contributed by atoms with Crippen LogP contribution in [0.25, 0.3) is 0 Å². The topological polar surface area (TPSA) is 68.3 Å². The van der Waals surface area contributed by atoms with Crippen LogP contribution < -0.4 is 0 Å². The van der Waals surface area contributed by atoms with Crippen LogP contribution in [0, 0.1) is 23.7 Å². The standard InChI is InChI=1S/C37H52O4.C6H14.H2/c1-6-23-37(24-12-17-34(39)16-11-9-14-30(5)38,36(41)29(4)26-33-15-10-8-13-28(33)3)25-22-35(40)27-32-20-18-31(7-2)19-21-32;1-5-6(2,3)4;/h8,10,13,15,18-21,29H,6-7,9,11-12,14,16-17,22-27H2,1-5H3;5H2,1-4H3;1H. The highest BCUT2D eigenvalue weighted by Gasteiger charge is 2.39. The summed E-state index contributed by atoms with van der Waals surface area (Å²) >= 11 is 0. The van der Waals surface area contributed by atoms with E-state index in [1.807, 2.05) is 31.2 Å². The summed E-state index contributed by atoms with van der Waals surface area (Å²) in [5.41, 5.74) is 4.58. The Morgan fingerprint density at radius 3 is 1.85 bits per heavy atom. The summed E-state index contributed by atoms with van der Waals surface area (Å²) in [5.74, 6) is 0.590. The number of carbonyl (C=O) groups excluding carboxylic acids is 4. The fourth-order valence-electron chi connectivity index (χ4n) is 6.04. The van der Waals surface area contributed by atoms with Crippen LogP contribution in [-0.4, -0.2) is 23.1 Å². The molecule has 0 spiro atoms. The van der Waals surface area contributed by atoms with Crippen LogP contribution in [0.5, 0.6) is 0 Å². The monoisotopic (exact) mass is 649 g/mol. The highest BCUT2D eigenvalue weighted by Crippen LogP contribution is 2.40. The van der Waals surface area contributed by atoms with Crippen LogP contribution in [0.4, 0.5) is 0 Å².